The Morgan fingerprint density at radius 3 is 2.61 bits per heavy atom. The highest BCUT2D eigenvalue weighted by Crippen LogP contribution is 2.32. The van der Waals surface area contributed by atoms with E-state index in [0.29, 0.717) is 0 Å². The van der Waals surface area contributed by atoms with Gasteiger partial charge in [0.25, 0.3) is 0 Å². The van der Waals surface area contributed by atoms with E-state index in [9.17, 15) is 14.9 Å². The Hall–Kier alpha value is -1.63. The molecule has 0 unspecified atom stereocenters. The van der Waals surface area contributed by atoms with Gasteiger partial charge in [-0.05, 0) is 6.92 Å². The lowest BCUT2D eigenvalue weighted by Crippen LogP contribution is -2.14. The highest BCUT2D eigenvalue weighted by Gasteiger charge is 2.29. The zero-order chi connectivity index (χ0) is 13.9. The average molecular weight is 276 g/mol. The van der Waals surface area contributed by atoms with Crippen LogP contribution in [0.15, 0.2) is 0 Å². The summed E-state index contributed by atoms with van der Waals surface area (Å²) in [5, 5.41) is 14.8. The Kier molecular flexibility index (Phi) is 4.66. The highest BCUT2D eigenvalue weighted by molar-refractivity contribution is 6.31. The fourth-order valence-electron chi connectivity index (χ4n) is 1.44. The third-order valence-corrected chi connectivity index (χ3v) is 2.58. The van der Waals surface area contributed by atoms with E-state index in [1.807, 2.05) is 0 Å². The highest BCUT2D eigenvalue weighted by atomic mass is 35.5. The van der Waals surface area contributed by atoms with Crippen molar-refractivity contribution in [3.63, 3.8) is 0 Å². The number of hydrogen-bond acceptors (Lipinski definition) is 5. The molecule has 0 bridgehead atoms. The van der Waals surface area contributed by atoms with Gasteiger partial charge in [-0.15, -0.1) is 0 Å². The van der Waals surface area contributed by atoms with Crippen molar-refractivity contribution >= 4 is 23.3 Å². The van der Waals surface area contributed by atoms with Crippen molar-refractivity contribution in [3.8, 4) is 0 Å². The largest absolute Gasteiger partial charge is 0.465 e. The number of hydrogen-bond donors (Lipinski definition) is 0. The minimum atomic E-state index is -0.591. The molecule has 1 aromatic heterocycles. The molecule has 0 N–H and O–H groups in total. The standard InChI is InChI=1S/C10H14ClN3O4/c1-4-18-7(15)5-13-10(11)9(14(16)17)8(12-13)6(2)3/h6H,4-5H2,1-3H3. The van der Waals surface area contributed by atoms with Crippen molar-refractivity contribution in [1.29, 1.82) is 0 Å². The second-order valence-electron chi connectivity index (χ2n) is 3.90. The van der Waals surface area contributed by atoms with Crippen LogP contribution in [0.1, 0.15) is 32.4 Å². The summed E-state index contributed by atoms with van der Waals surface area (Å²) in [5.74, 6) is -0.696. The molecule has 0 radical (unpaired) electrons. The van der Waals surface area contributed by atoms with E-state index in [2.05, 4.69) is 5.10 Å². The topological polar surface area (TPSA) is 87.3 Å². The van der Waals surface area contributed by atoms with Gasteiger partial charge in [0.2, 0.25) is 5.15 Å². The number of esters is 1. The zero-order valence-electron chi connectivity index (χ0n) is 10.3. The van der Waals surface area contributed by atoms with Gasteiger partial charge in [0.15, 0.2) is 0 Å². The van der Waals surface area contributed by atoms with Crippen LogP contribution in [-0.2, 0) is 16.1 Å². The van der Waals surface area contributed by atoms with Crippen molar-refractivity contribution in [2.24, 2.45) is 0 Å². The van der Waals surface area contributed by atoms with Gasteiger partial charge in [-0.1, -0.05) is 25.4 Å². The van der Waals surface area contributed by atoms with Crippen LogP contribution in [0.4, 0.5) is 5.69 Å². The lowest BCUT2D eigenvalue weighted by atomic mass is 10.1. The van der Waals surface area contributed by atoms with Gasteiger partial charge in [-0.2, -0.15) is 5.10 Å². The molecule has 8 heteroatoms. The Morgan fingerprint density at radius 1 is 1.61 bits per heavy atom. The number of carbonyl (C=O) groups is 1. The van der Waals surface area contributed by atoms with Gasteiger partial charge < -0.3 is 4.74 Å². The number of aromatic nitrogens is 2. The summed E-state index contributed by atoms with van der Waals surface area (Å²) in [6, 6.07) is 0. The monoisotopic (exact) mass is 275 g/mol. The maximum Gasteiger partial charge on any atom is 0.329 e. The number of rotatable bonds is 5. The van der Waals surface area contributed by atoms with Gasteiger partial charge in [0.05, 0.1) is 11.5 Å². The first kappa shape index (κ1) is 14.4. The Labute approximate surface area is 109 Å². The normalized spacial score (nSPS) is 10.7. The summed E-state index contributed by atoms with van der Waals surface area (Å²) >= 11 is 5.86. The Morgan fingerprint density at radius 2 is 2.22 bits per heavy atom. The second kappa shape index (κ2) is 5.81. The van der Waals surface area contributed by atoms with Crippen LogP contribution in [0, 0.1) is 10.1 Å². The third-order valence-electron chi connectivity index (χ3n) is 2.21. The first-order chi connectivity index (χ1) is 8.38. The Bertz CT molecular complexity index is 470. The lowest BCUT2D eigenvalue weighted by molar-refractivity contribution is -0.385. The van der Waals surface area contributed by atoms with Crippen molar-refractivity contribution in [3.05, 3.63) is 21.0 Å². The van der Waals surface area contributed by atoms with Crippen molar-refractivity contribution in [2.45, 2.75) is 33.2 Å². The number of ether oxygens (including phenoxy) is 1. The van der Waals surface area contributed by atoms with Crippen LogP contribution in [0.25, 0.3) is 0 Å². The zero-order valence-corrected chi connectivity index (χ0v) is 11.1. The maximum atomic E-state index is 11.3. The molecule has 0 aliphatic heterocycles. The number of nitrogens with zero attached hydrogens (tertiary/aromatic N) is 3. The summed E-state index contributed by atoms with van der Waals surface area (Å²) in [6.45, 7) is 5.20. The summed E-state index contributed by atoms with van der Waals surface area (Å²) in [5.41, 5.74) is 0.00487. The van der Waals surface area contributed by atoms with Crippen LogP contribution < -0.4 is 0 Å². The molecule has 0 fully saturated rings. The van der Waals surface area contributed by atoms with Gasteiger partial charge in [-0.25, -0.2) is 4.68 Å². The summed E-state index contributed by atoms with van der Waals surface area (Å²) in [7, 11) is 0. The molecule has 1 rings (SSSR count). The van der Waals surface area contributed by atoms with Crippen molar-refractivity contribution in [1.82, 2.24) is 9.78 Å². The molecular weight excluding hydrogens is 262 g/mol. The Balaban J connectivity index is 3.11. The molecule has 0 spiro atoms. The van der Waals surface area contributed by atoms with E-state index in [1.165, 1.54) is 0 Å². The predicted octanol–water partition coefficient (Wildman–Crippen LogP) is 2.13. The van der Waals surface area contributed by atoms with Crippen molar-refractivity contribution in [2.75, 3.05) is 6.61 Å². The van der Waals surface area contributed by atoms with Crippen LogP contribution >= 0.6 is 11.6 Å². The smallest absolute Gasteiger partial charge is 0.329 e. The molecular formula is C10H14ClN3O4. The molecule has 7 nitrogen and oxygen atoms in total. The molecule has 0 saturated heterocycles. The lowest BCUT2D eigenvalue weighted by Gasteiger charge is -2.02. The number of carbonyl (C=O) groups excluding carboxylic acids is 1. The van der Waals surface area contributed by atoms with Gasteiger partial charge in [0, 0.05) is 5.92 Å². The molecule has 1 aromatic rings. The SMILES string of the molecule is CCOC(=O)Cn1nc(C(C)C)c([N+](=O)[O-])c1Cl. The molecule has 18 heavy (non-hydrogen) atoms. The van der Waals surface area contributed by atoms with E-state index in [0.717, 1.165) is 4.68 Å². The summed E-state index contributed by atoms with van der Waals surface area (Å²) < 4.78 is 5.83. The van der Waals surface area contributed by atoms with Crippen LogP contribution in [0.2, 0.25) is 5.15 Å². The first-order valence-corrected chi connectivity index (χ1v) is 5.82. The summed E-state index contributed by atoms with van der Waals surface area (Å²) in [6.07, 6.45) is 0. The van der Waals surface area contributed by atoms with E-state index in [-0.39, 0.29) is 35.6 Å². The molecule has 0 amide bonds. The first-order valence-electron chi connectivity index (χ1n) is 5.44. The molecule has 0 atom stereocenters. The maximum absolute atomic E-state index is 11.3. The quantitative estimate of drug-likeness (QED) is 0.467. The molecule has 100 valence electrons. The minimum absolute atomic E-state index is 0.156. The van der Waals surface area contributed by atoms with E-state index in [4.69, 9.17) is 16.3 Å². The fraction of sp³-hybridized carbons (Fsp3) is 0.600. The number of nitro groups is 1. The van der Waals surface area contributed by atoms with Crippen LogP contribution in [0.3, 0.4) is 0 Å². The van der Waals surface area contributed by atoms with Crippen LogP contribution in [-0.4, -0.2) is 27.3 Å². The van der Waals surface area contributed by atoms with Crippen molar-refractivity contribution < 1.29 is 14.5 Å². The third kappa shape index (κ3) is 2.98. The molecule has 0 aromatic carbocycles. The predicted molar refractivity (Wildman–Crippen MR) is 64.6 cm³/mol. The molecule has 0 aliphatic rings. The summed E-state index contributed by atoms with van der Waals surface area (Å²) in [4.78, 5) is 21.6. The minimum Gasteiger partial charge on any atom is -0.465 e. The van der Waals surface area contributed by atoms with Crippen LogP contribution in [0.5, 0.6) is 0 Å². The average Bonchev–Trinajstić information content (AvgIpc) is 2.56. The molecule has 0 saturated carbocycles. The van der Waals surface area contributed by atoms with E-state index < -0.39 is 10.9 Å². The number of halogens is 1. The van der Waals surface area contributed by atoms with Gasteiger partial charge >= 0.3 is 11.7 Å². The second-order valence-corrected chi connectivity index (χ2v) is 4.26. The molecule has 0 aliphatic carbocycles. The fourth-order valence-corrected chi connectivity index (χ4v) is 1.70. The van der Waals surface area contributed by atoms with Gasteiger partial charge in [-0.3, -0.25) is 14.9 Å². The molecule has 1 heterocycles. The van der Waals surface area contributed by atoms with E-state index in [1.54, 1.807) is 20.8 Å². The van der Waals surface area contributed by atoms with Gasteiger partial charge in [0.1, 0.15) is 12.2 Å². The van der Waals surface area contributed by atoms with E-state index >= 15 is 0 Å².